The summed E-state index contributed by atoms with van der Waals surface area (Å²) in [5.74, 6) is 0. The number of benzene rings is 1. The van der Waals surface area contributed by atoms with Crippen molar-refractivity contribution in [3.8, 4) is 0 Å². The Hall–Kier alpha value is -2.30. The van der Waals surface area contributed by atoms with Crippen molar-refractivity contribution in [1.82, 2.24) is 19.0 Å². The molecule has 1 aromatic heterocycles. The molecule has 27 heavy (non-hydrogen) atoms. The van der Waals surface area contributed by atoms with Crippen molar-refractivity contribution in [2.45, 2.75) is 31.8 Å². The molecule has 0 amide bonds. The van der Waals surface area contributed by atoms with Crippen molar-refractivity contribution in [1.29, 1.82) is 0 Å². The molecule has 0 aliphatic carbocycles. The number of aryl methyl sites for hydroxylation is 1. The van der Waals surface area contributed by atoms with Crippen LogP contribution in [-0.4, -0.2) is 58.5 Å². The predicted molar refractivity (Wildman–Crippen MR) is 99.8 cm³/mol. The first-order valence-electron chi connectivity index (χ1n) is 8.81. The molecule has 9 nitrogen and oxygen atoms in total. The Morgan fingerprint density at radius 1 is 1.15 bits per heavy atom. The third-order valence-electron chi connectivity index (χ3n) is 4.91. The van der Waals surface area contributed by atoms with E-state index in [0.717, 1.165) is 24.3 Å². The van der Waals surface area contributed by atoms with Crippen LogP contribution in [0.5, 0.6) is 0 Å². The molecule has 0 atom stereocenters. The molecular weight excluding hydrogens is 370 g/mol. The van der Waals surface area contributed by atoms with E-state index >= 15 is 0 Å². The molecule has 0 spiro atoms. The van der Waals surface area contributed by atoms with Crippen LogP contribution in [0.25, 0.3) is 0 Å². The zero-order valence-electron chi connectivity index (χ0n) is 15.4. The molecule has 2 aromatic rings. The zero-order valence-corrected chi connectivity index (χ0v) is 16.2. The van der Waals surface area contributed by atoms with Crippen LogP contribution in [-0.2, 0) is 23.1 Å². The molecule has 1 aliphatic rings. The van der Waals surface area contributed by atoms with Gasteiger partial charge in [-0.25, -0.2) is 8.42 Å². The van der Waals surface area contributed by atoms with Gasteiger partial charge in [0, 0.05) is 62.7 Å². The molecule has 0 bridgehead atoms. The molecule has 3 rings (SSSR count). The Morgan fingerprint density at radius 2 is 1.78 bits per heavy atom. The Bertz CT molecular complexity index is 915. The normalized spacial score (nSPS) is 16.5. The van der Waals surface area contributed by atoms with Gasteiger partial charge in [0.05, 0.1) is 16.0 Å². The second kappa shape index (κ2) is 7.75. The summed E-state index contributed by atoms with van der Waals surface area (Å²) in [5.41, 5.74) is 2.17. The van der Waals surface area contributed by atoms with Crippen molar-refractivity contribution in [2.75, 3.05) is 26.2 Å². The van der Waals surface area contributed by atoms with Gasteiger partial charge < -0.3 is 0 Å². The SMILES string of the molecule is CCn1ncc(CN2CCN(S(=O)(=O)c3ccc([N+](=O)[O-])cc3)CC2)c1C. The maximum absolute atomic E-state index is 12.8. The number of sulfonamides is 1. The van der Waals surface area contributed by atoms with Gasteiger partial charge in [0.1, 0.15) is 0 Å². The van der Waals surface area contributed by atoms with E-state index in [0.29, 0.717) is 26.2 Å². The number of hydrogen-bond donors (Lipinski definition) is 0. The third kappa shape index (κ3) is 4.02. The quantitative estimate of drug-likeness (QED) is 0.546. The molecule has 0 N–H and O–H groups in total. The fraction of sp³-hybridized carbons (Fsp3) is 0.471. The summed E-state index contributed by atoms with van der Waals surface area (Å²) in [4.78, 5) is 12.5. The molecule has 2 heterocycles. The molecule has 1 saturated heterocycles. The Balaban J connectivity index is 1.63. The number of non-ortho nitro benzene ring substituents is 1. The average molecular weight is 393 g/mol. The number of piperazine rings is 1. The highest BCUT2D eigenvalue weighted by atomic mass is 32.2. The number of nitro benzene ring substituents is 1. The summed E-state index contributed by atoms with van der Waals surface area (Å²) < 4.78 is 28.9. The minimum Gasteiger partial charge on any atom is -0.296 e. The lowest BCUT2D eigenvalue weighted by molar-refractivity contribution is -0.384. The number of rotatable bonds is 6. The largest absolute Gasteiger partial charge is 0.296 e. The minimum atomic E-state index is -3.64. The van der Waals surface area contributed by atoms with E-state index in [-0.39, 0.29) is 10.6 Å². The monoisotopic (exact) mass is 393 g/mol. The second-order valence-electron chi connectivity index (χ2n) is 6.50. The minimum absolute atomic E-state index is 0.0848. The topological polar surface area (TPSA) is 102 Å². The van der Waals surface area contributed by atoms with Gasteiger partial charge in [-0.2, -0.15) is 9.40 Å². The molecule has 1 aromatic carbocycles. The molecule has 10 heteroatoms. The van der Waals surface area contributed by atoms with Crippen LogP contribution in [0.2, 0.25) is 0 Å². The van der Waals surface area contributed by atoms with E-state index in [9.17, 15) is 18.5 Å². The molecule has 1 fully saturated rings. The lowest BCUT2D eigenvalue weighted by Crippen LogP contribution is -2.48. The smallest absolute Gasteiger partial charge is 0.269 e. The third-order valence-corrected chi connectivity index (χ3v) is 6.83. The molecule has 0 radical (unpaired) electrons. The summed E-state index contributed by atoms with van der Waals surface area (Å²) in [5, 5.41) is 15.1. The van der Waals surface area contributed by atoms with Gasteiger partial charge in [-0.15, -0.1) is 0 Å². The maximum atomic E-state index is 12.8. The van der Waals surface area contributed by atoms with Gasteiger partial charge in [-0.1, -0.05) is 0 Å². The number of aromatic nitrogens is 2. The first-order chi connectivity index (χ1) is 12.8. The zero-order chi connectivity index (χ0) is 19.6. The van der Waals surface area contributed by atoms with Crippen molar-refractivity contribution >= 4 is 15.7 Å². The van der Waals surface area contributed by atoms with E-state index in [1.807, 2.05) is 24.7 Å². The van der Waals surface area contributed by atoms with E-state index in [1.165, 1.54) is 28.6 Å². The second-order valence-corrected chi connectivity index (χ2v) is 8.44. The van der Waals surface area contributed by atoms with Crippen molar-refractivity contribution in [2.24, 2.45) is 0 Å². The van der Waals surface area contributed by atoms with Gasteiger partial charge in [0.2, 0.25) is 10.0 Å². The van der Waals surface area contributed by atoms with Gasteiger partial charge in [-0.05, 0) is 26.0 Å². The van der Waals surface area contributed by atoms with Crippen LogP contribution in [0, 0.1) is 17.0 Å². The van der Waals surface area contributed by atoms with E-state index in [4.69, 9.17) is 0 Å². The van der Waals surface area contributed by atoms with E-state index in [2.05, 4.69) is 10.00 Å². The van der Waals surface area contributed by atoms with Crippen molar-refractivity contribution in [3.63, 3.8) is 0 Å². The average Bonchev–Trinajstić information content (AvgIpc) is 3.02. The van der Waals surface area contributed by atoms with Crippen LogP contribution in [0.15, 0.2) is 35.4 Å². The Kier molecular flexibility index (Phi) is 5.59. The van der Waals surface area contributed by atoms with Gasteiger partial charge in [0.25, 0.3) is 5.69 Å². The van der Waals surface area contributed by atoms with Crippen molar-refractivity contribution < 1.29 is 13.3 Å². The van der Waals surface area contributed by atoms with Crippen molar-refractivity contribution in [3.05, 3.63) is 51.8 Å². The fourth-order valence-electron chi connectivity index (χ4n) is 3.22. The van der Waals surface area contributed by atoms with Gasteiger partial charge in [0.15, 0.2) is 0 Å². The first kappa shape index (κ1) is 19.5. The number of nitro groups is 1. The van der Waals surface area contributed by atoms with Crippen LogP contribution in [0.4, 0.5) is 5.69 Å². The van der Waals surface area contributed by atoms with E-state index < -0.39 is 14.9 Å². The first-order valence-corrected chi connectivity index (χ1v) is 10.2. The molecule has 0 unspecified atom stereocenters. The molecule has 0 saturated carbocycles. The van der Waals surface area contributed by atoms with Gasteiger partial charge in [-0.3, -0.25) is 19.7 Å². The standard InChI is InChI=1S/C17H23N5O4S/c1-3-21-14(2)15(12-18-21)13-19-8-10-20(11-9-19)27(25,26)17-6-4-16(5-7-17)22(23)24/h4-7,12H,3,8-11,13H2,1-2H3. The highest BCUT2D eigenvalue weighted by Gasteiger charge is 2.29. The summed E-state index contributed by atoms with van der Waals surface area (Å²) in [7, 11) is -3.64. The molecular formula is C17H23N5O4S. The number of hydrogen-bond acceptors (Lipinski definition) is 6. The highest BCUT2D eigenvalue weighted by molar-refractivity contribution is 7.89. The van der Waals surface area contributed by atoms with Crippen LogP contribution < -0.4 is 0 Å². The fourth-order valence-corrected chi connectivity index (χ4v) is 4.64. The summed E-state index contributed by atoms with van der Waals surface area (Å²) in [6, 6.07) is 5.03. The lowest BCUT2D eigenvalue weighted by Gasteiger charge is -2.33. The number of nitrogens with zero attached hydrogens (tertiary/aromatic N) is 5. The Labute approximate surface area is 158 Å². The summed E-state index contributed by atoms with van der Waals surface area (Å²) in [6.07, 6.45) is 1.87. The Morgan fingerprint density at radius 3 is 2.30 bits per heavy atom. The van der Waals surface area contributed by atoms with E-state index in [1.54, 1.807) is 0 Å². The molecule has 146 valence electrons. The molecule has 1 aliphatic heterocycles. The highest BCUT2D eigenvalue weighted by Crippen LogP contribution is 2.21. The summed E-state index contributed by atoms with van der Waals surface area (Å²) >= 11 is 0. The van der Waals surface area contributed by atoms with Crippen LogP contribution in [0.1, 0.15) is 18.2 Å². The lowest BCUT2D eigenvalue weighted by atomic mass is 10.2. The maximum Gasteiger partial charge on any atom is 0.269 e. The van der Waals surface area contributed by atoms with Crippen LogP contribution in [0.3, 0.4) is 0 Å². The summed E-state index contributed by atoms with van der Waals surface area (Å²) in [6.45, 7) is 7.70. The predicted octanol–water partition coefficient (Wildman–Crippen LogP) is 1.63. The van der Waals surface area contributed by atoms with Crippen LogP contribution >= 0.6 is 0 Å². The van der Waals surface area contributed by atoms with Gasteiger partial charge >= 0.3 is 0 Å².